The number of hydrogen-bond acceptors (Lipinski definition) is 3. The minimum Gasteiger partial charge on any atom is -0.366 e. The molecule has 1 aliphatic rings. The Labute approximate surface area is 129 Å². The predicted octanol–water partition coefficient (Wildman–Crippen LogP) is 3.21. The standard InChI is InChI=1S/C18H20N4/c1-12-16-11-22(8-4-7-19)17-10-14-6-3-2-5-13(14)9-15(17)18(16)21-20-12/h2-3,5-6,9-10H,4,7-8,11,19H2,1H3,(H,20,21). The molecule has 0 fully saturated rings. The van der Waals surface area contributed by atoms with Crippen LogP contribution < -0.4 is 10.6 Å². The van der Waals surface area contributed by atoms with Crippen molar-refractivity contribution in [3.63, 3.8) is 0 Å². The van der Waals surface area contributed by atoms with Gasteiger partial charge in [-0.2, -0.15) is 5.10 Å². The summed E-state index contributed by atoms with van der Waals surface area (Å²) in [4.78, 5) is 2.43. The van der Waals surface area contributed by atoms with E-state index in [1.165, 1.54) is 27.6 Å². The number of aryl methyl sites for hydroxylation is 1. The highest BCUT2D eigenvalue weighted by Crippen LogP contribution is 2.41. The summed E-state index contributed by atoms with van der Waals surface area (Å²) in [6.07, 6.45) is 0.999. The lowest BCUT2D eigenvalue weighted by molar-refractivity contribution is 0.730. The summed E-state index contributed by atoms with van der Waals surface area (Å²) in [5.41, 5.74) is 11.8. The minimum absolute atomic E-state index is 0.719. The molecule has 0 aliphatic carbocycles. The molecule has 1 aromatic heterocycles. The van der Waals surface area contributed by atoms with Crippen LogP contribution in [-0.2, 0) is 6.54 Å². The van der Waals surface area contributed by atoms with Crippen molar-refractivity contribution in [2.24, 2.45) is 5.73 Å². The second kappa shape index (κ2) is 5.14. The zero-order valence-corrected chi connectivity index (χ0v) is 12.8. The number of nitrogens with two attached hydrogens (primary N) is 1. The topological polar surface area (TPSA) is 57.9 Å². The molecule has 0 bridgehead atoms. The van der Waals surface area contributed by atoms with Gasteiger partial charge in [0.25, 0.3) is 0 Å². The Kier molecular flexibility index (Phi) is 3.12. The van der Waals surface area contributed by atoms with E-state index in [0.29, 0.717) is 0 Å². The molecule has 4 nitrogen and oxygen atoms in total. The lowest BCUT2D eigenvalue weighted by atomic mass is 9.95. The normalized spacial score (nSPS) is 13.3. The molecule has 0 amide bonds. The van der Waals surface area contributed by atoms with Crippen molar-refractivity contribution < 1.29 is 0 Å². The summed E-state index contributed by atoms with van der Waals surface area (Å²) < 4.78 is 0. The van der Waals surface area contributed by atoms with Crippen LogP contribution in [0.15, 0.2) is 36.4 Å². The molecule has 2 heterocycles. The maximum Gasteiger partial charge on any atom is 0.0994 e. The predicted molar refractivity (Wildman–Crippen MR) is 91.0 cm³/mol. The van der Waals surface area contributed by atoms with E-state index < -0.39 is 0 Å². The second-order valence-electron chi connectivity index (χ2n) is 5.96. The van der Waals surface area contributed by atoms with Crippen LogP contribution in [-0.4, -0.2) is 23.3 Å². The van der Waals surface area contributed by atoms with Crippen LogP contribution in [0, 0.1) is 6.92 Å². The number of aromatic amines is 1. The quantitative estimate of drug-likeness (QED) is 0.779. The maximum absolute atomic E-state index is 5.72. The van der Waals surface area contributed by atoms with Crippen molar-refractivity contribution >= 4 is 16.5 Å². The zero-order valence-electron chi connectivity index (χ0n) is 12.8. The highest BCUT2D eigenvalue weighted by Gasteiger charge is 2.25. The first-order valence-electron chi connectivity index (χ1n) is 7.80. The molecule has 0 spiro atoms. The van der Waals surface area contributed by atoms with Crippen LogP contribution in [0.3, 0.4) is 0 Å². The number of H-pyrrole nitrogens is 1. The number of aromatic nitrogens is 2. The number of nitrogens with one attached hydrogen (secondary N) is 1. The first-order valence-corrected chi connectivity index (χ1v) is 7.80. The second-order valence-corrected chi connectivity index (χ2v) is 5.96. The fourth-order valence-corrected chi connectivity index (χ4v) is 3.31. The van der Waals surface area contributed by atoms with Gasteiger partial charge in [0, 0.05) is 35.6 Å². The molecule has 0 unspecified atom stereocenters. The Morgan fingerprint density at radius 2 is 2.00 bits per heavy atom. The van der Waals surface area contributed by atoms with E-state index >= 15 is 0 Å². The third kappa shape index (κ3) is 1.99. The van der Waals surface area contributed by atoms with Crippen molar-refractivity contribution in [2.45, 2.75) is 19.9 Å². The van der Waals surface area contributed by atoms with E-state index in [-0.39, 0.29) is 0 Å². The number of fused-ring (bicyclic) bond motifs is 4. The molecule has 0 radical (unpaired) electrons. The fraction of sp³-hybridized carbons (Fsp3) is 0.278. The molecule has 3 aromatic rings. The van der Waals surface area contributed by atoms with Crippen molar-refractivity contribution in [2.75, 3.05) is 18.0 Å². The number of hydrogen-bond donors (Lipinski definition) is 2. The lowest BCUT2D eigenvalue weighted by Crippen LogP contribution is -2.29. The van der Waals surface area contributed by atoms with Crippen LogP contribution in [0.5, 0.6) is 0 Å². The summed E-state index contributed by atoms with van der Waals surface area (Å²) in [7, 11) is 0. The third-order valence-electron chi connectivity index (χ3n) is 4.51. The summed E-state index contributed by atoms with van der Waals surface area (Å²) in [5.74, 6) is 0. The van der Waals surface area contributed by atoms with Gasteiger partial charge in [0.1, 0.15) is 0 Å². The Morgan fingerprint density at radius 3 is 2.77 bits per heavy atom. The average molecular weight is 292 g/mol. The Morgan fingerprint density at radius 1 is 1.23 bits per heavy atom. The number of rotatable bonds is 3. The fourth-order valence-electron chi connectivity index (χ4n) is 3.31. The van der Waals surface area contributed by atoms with Crippen molar-refractivity contribution in [1.82, 2.24) is 10.2 Å². The number of anilines is 1. The molecular formula is C18H20N4. The number of nitrogens with zero attached hydrogens (tertiary/aromatic N) is 2. The summed E-state index contributed by atoms with van der Waals surface area (Å²) in [5, 5.41) is 10.2. The average Bonchev–Trinajstić information content (AvgIpc) is 2.92. The van der Waals surface area contributed by atoms with Gasteiger partial charge in [-0.3, -0.25) is 5.10 Å². The van der Waals surface area contributed by atoms with Gasteiger partial charge in [-0.25, -0.2) is 0 Å². The van der Waals surface area contributed by atoms with Gasteiger partial charge >= 0.3 is 0 Å². The smallest absolute Gasteiger partial charge is 0.0994 e. The van der Waals surface area contributed by atoms with Gasteiger partial charge in [-0.05, 0) is 42.8 Å². The Balaban J connectivity index is 1.93. The van der Waals surface area contributed by atoms with E-state index in [1.807, 2.05) is 0 Å². The monoisotopic (exact) mass is 292 g/mol. The first-order chi connectivity index (χ1) is 10.8. The van der Waals surface area contributed by atoms with Gasteiger partial charge in [-0.1, -0.05) is 24.3 Å². The van der Waals surface area contributed by atoms with Crippen molar-refractivity contribution in [3.05, 3.63) is 47.7 Å². The highest BCUT2D eigenvalue weighted by atomic mass is 15.2. The highest BCUT2D eigenvalue weighted by molar-refractivity contribution is 5.95. The molecule has 4 rings (SSSR count). The Bertz CT molecular complexity index is 834. The molecule has 1 aliphatic heterocycles. The van der Waals surface area contributed by atoms with Gasteiger partial charge in [0.15, 0.2) is 0 Å². The molecule has 0 atom stereocenters. The lowest BCUT2D eigenvalue weighted by Gasteiger charge is -2.31. The van der Waals surface area contributed by atoms with E-state index in [9.17, 15) is 0 Å². The van der Waals surface area contributed by atoms with Gasteiger partial charge in [0.2, 0.25) is 0 Å². The molecule has 4 heteroatoms. The van der Waals surface area contributed by atoms with Crippen molar-refractivity contribution in [3.8, 4) is 11.3 Å². The summed E-state index contributed by atoms with van der Waals surface area (Å²) in [6.45, 7) is 4.70. The van der Waals surface area contributed by atoms with Crippen LogP contribution in [0.1, 0.15) is 17.7 Å². The molecule has 22 heavy (non-hydrogen) atoms. The molecule has 2 aromatic carbocycles. The van der Waals surface area contributed by atoms with Crippen LogP contribution in [0.25, 0.3) is 22.0 Å². The van der Waals surface area contributed by atoms with Crippen LogP contribution in [0.2, 0.25) is 0 Å². The van der Waals surface area contributed by atoms with E-state index in [0.717, 1.165) is 37.4 Å². The van der Waals surface area contributed by atoms with E-state index in [1.54, 1.807) is 0 Å². The van der Waals surface area contributed by atoms with E-state index in [2.05, 4.69) is 58.4 Å². The number of benzene rings is 2. The van der Waals surface area contributed by atoms with Crippen LogP contribution >= 0.6 is 0 Å². The molecule has 0 saturated carbocycles. The SMILES string of the molecule is Cc1[nH]nc2c1CN(CCCN)c1cc3ccccc3cc1-2. The third-order valence-corrected chi connectivity index (χ3v) is 4.51. The van der Waals surface area contributed by atoms with Crippen molar-refractivity contribution in [1.29, 1.82) is 0 Å². The first kappa shape index (κ1) is 13.3. The summed E-state index contributed by atoms with van der Waals surface area (Å²) >= 11 is 0. The van der Waals surface area contributed by atoms with E-state index in [4.69, 9.17) is 5.73 Å². The molecular weight excluding hydrogens is 272 g/mol. The van der Waals surface area contributed by atoms with Gasteiger partial charge in [0.05, 0.1) is 5.69 Å². The molecule has 0 saturated heterocycles. The minimum atomic E-state index is 0.719. The van der Waals surface area contributed by atoms with Gasteiger partial charge < -0.3 is 10.6 Å². The maximum atomic E-state index is 5.72. The Hall–Kier alpha value is -2.33. The molecule has 3 N–H and O–H groups in total. The largest absolute Gasteiger partial charge is 0.366 e. The van der Waals surface area contributed by atoms with Crippen LogP contribution in [0.4, 0.5) is 5.69 Å². The summed E-state index contributed by atoms with van der Waals surface area (Å²) in [6, 6.07) is 13.1. The van der Waals surface area contributed by atoms with Gasteiger partial charge in [-0.15, -0.1) is 0 Å². The zero-order chi connectivity index (χ0) is 15.1. The molecule has 112 valence electrons.